The fraction of sp³-hybridized carbons (Fsp3) is 0.909. The van der Waals surface area contributed by atoms with E-state index in [0.717, 1.165) is 25.8 Å². The zero-order valence-corrected chi connectivity index (χ0v) is 9.52. The molecule has 3 heteroatoms. The van der Waals surface area contributed by atoms with E-state index in [-0.39, 0.29) is 11.3 Å². The summed E-state index contributed by atoms with van der Waals surface area (Å²) in [4.78, 5) is 11.6. The molecule has 0 aliphatic heterocycles. The highest BCUT2D eigenvalue weighted by Gasteiger charge is 2.50. The Morgan fingerprint density at radius 1 is 1.36 bits per heavy atom. The first-order valence-corrected chi connectivity index (χ1v) is 5.51. The van der Waals surface area contributed by atoms with Crippen LogP contribution in [0.1, 0.15) is 46.5 Å². The lowest BCUT2D eigenvalue weighted by Crippen LogP contribution is -2.65. The van der Waals surface area contributed by atoms with E-state index < -0.39 is 5.54 Å². The number of carbonyl (C=O) groups excluding carboxylic acids is 1. The van der Waals surface area contributed by atoms with Crippen LogP contribution in [0, 0.1) is 5.41 Å². The predicted molar refractivity (Wildman–Crippen MR) is 57.9 cm³/mol. The standard InChI is InChI=1S/C11H22N2O/c1-4-13-11(9(12)14)8-6-5-7-10(11,2)3/h13H,4-8H2,1-3H3,(H2,12,14). The van der Waals surface area contributed by atoms with E-state index in [1.807, 2.05) is 6.92 Å². The largest absolute Gasteiger partial charge is 0.368 e. The van der Waals surface area contributed by atoms with Crippen LogP contribution >= 0.6 is 0 Å². The molecular formula is C11H22N2O. The molecule has 0 aromatic carbocycles. The van der Waals surface area contributed by atoms with Crippen molar-refractivity contribution in [3.63, 3.8) is 0 Å². The number of rotatable bonds is 3. The second-order valence-electron chi connectivity index (χ2n) is 4.89. The summed E-state index contributed by atoms with van der Waals surface area (Å²) in [6, 6.07) is 0. The van der Waals surface area contributed by atoms with Gasteiger partial charge in [0.25, 0.3) is 0 Å². The van der Waals surface area contributed by atoms with E-state index in [4.69, 9.17) is 5.73 Å². The average Bonchev–Trinajstić information content (AvgIpc) is 2.08. The number of nitrogens with two attached hydrogens (primary N) is 1. The molecule has 1 aliphatic rings. The molecule has 1 aliphatic carbocycles. The molecule has 0 aromatic rings. The molecule has 1 rings (SSSR count). The van der Waals surface area contributed by atoms with E-state index in [1.54, 1.807) is 0 Å². The van der Waals surface area contributed by atoms with E-state index in [2.05, 4.69) is 19.2 Å². The fourth-order valence-corrected chi connectivity index (χ4v) is 2.68. The average molecular weight is 198 g/mol. The van der Waals surface area contributed by atoms with Crippen molar-refractivity contribution in [1.29, 1.82) is 0 Å². The SMILES string of the molecule is CCNC1(C(N)=O)CCCCC1(C)C. The van der Waals surface area contributed by atoms with Gasteiger partial charge in [-0.1, -0.05) is 33.6 Å². The third-order valence-corrected chi connectivity index (χ3v) is 3.66. The highest BCUT2D eigenvalue weighted by atomic mass is 16.1. The predicted octanol–water partition coefficient (Wildman–Crippen LogP) is 1.42. The van der Waals surface area contributed by atoms with Crippen LogP contribution < -0.4 is 11.1 Å². The molecule has 0 heterocycles. The van der Waals surface area contributed by atoms with E-state index in [0.29, 0.717) is 0 Å². The van der Waals surface area contributed by atoms with Gasteiger partial charge < -0.3 is 11.1 Å². The number of hydrogen-bond donors (Lipinski definition) is 2. The van der Waals surface area contributed by atoms with Crippen molar-refractivity contribution in [1.82, 2.24) is 5.32 Å². The number of nitrogens with one attached hydrogen (secondary N) is 1. The van der Waals surface area contributed by atoms with Crippen LogP contribution in [0.5, 0.6) is 0 Å². The lowest BCUT2D eigenvalue weighted by atomic mass is 9.62. The minimum absolute atomic E-state index is 0.0207. The van der Waals surface area contributed by atoms with E-state index >= 15 is 0 Å². The van der Waals surface area contributed by atoms with Gasteiger partial charge in [0.05, 0.1) is 0 Å². The minimum Gasteiger partial charge on any atom is -0.368 e. The van der Waals surface area contributed by atoms with Crippen LogP contribution in [-0.4, -0.2) is 18.0 Å². The van der Waals surface area contributed by atoms with Crippen molar-refractivity contribution in [2.45, 2.75) is 52.0 Å². The lowest BCUT2D eigenvalue weighted by Gasteiger charge is -2.48. The summed E-state index contributed by atoms with van der Waals surface area (Å²) in [6.07, 6.45) is 4.25. The van der Waals surface area contributed by atoms with Crippen molar-refractivity contribution < 1.29 is 4.79 Å². The fourth-order valence-electron chi connectivity index (χ4n) is 2.68. The van der Waals surface area contributed by atoms with Gasteiger partial charge in [-0.05, 0) is 24.8 Å². The Bertz CT molecular complexity index is 221. The Kier molecular flexibility index (Phi) is 3.20. The van der Waals surface area contributed by atoms with E-state index in [1.165, 1.54) is 6.42 Å². The van der Waals surface area contributed by atoms with Crippen molar-refractivity contribution in [3.05, 3.63) is 0 Å². The molecule has 3 nitrogen and oxygen atoms in total. The van der Waals surface area contributed by atoms with Gasteiger partial charge in [0.15, 0.2) is 0 Å². The molecule has 0 saturated heterocycles. The Morgan fingerprint density at radius 3 is 2.36 bits per heavy atom. The second kappa shape index (κ2) is 3.89. The highest BCUT2D eigenvalue weighted by molar-refractivity contribution is 5.85. The molecule has 82 valence electrons. The van der Waals surface area contributed by atoms with Gasteiger partial charge in [-0.2, -0.15) is 0 Å². The van der Waals surface area contributed by atoms with Gasteiger partial charge in [0.1, 0.15) is 5.54 Å². The molecule has 1 atom stereocenters. The zero-order chi connectivity index (χ0) is 10.8. The molecule has 1 saturated carbocycles. The van der Waals surface area contributed by atoms with Crippen LogP contribution in [0.2, 0.25) is 0 Å². The molecule has 0 radical (unpaired) electrons. The molecule has 0 aromatic heterocycles. The summed E-state index contributed by atoms with van der Waals surface area (Å²) in [7, 11) is 0. The lowest BCUT2D eigenvalue weighted by molar-refractivity contribution is -0.131. The van der Waals surface area contributed by atoms with Gasteiger partial charge in [-0.25, -0.2) is 0 Å². The second-order valence-corrected chi connectivity index (χ2v) is 4.89. The molecule has 3 N–H and O–H groups in total. The first kappa shape index (κ1) is 11.5. The number of hydrogen-bond acceptors (Lipinski definition) is 2. The molecule has 14 heavy (non-hydrogen) atoms. The molecule has 1 unspecified atom stereocenters. The van der Waals surface area contributed by atoms with Crippen LogP contribution in [-0.2, 0) is 4.79 Å². The van der Waals surface area contributed by atoms with Crippen molar-refractivity contribution in [3.8, 4) is 0 Å². The quantitative estimate of drug-likeness (QED) is 0.720. The maximum atomic E-state index is 11.6. The molecule has 0 spiro atoms. The maximum absolute atomic E-state index is 11.6. The van der Waals surface area contributed by atoms with Crippen molar-refractivity contribution in [2.24, 2.45) is 11.1 Å². The summed E-state index contributed by atoms with van der Waals surface area (Å²) in [5.41, 5.74) is 5.06. The normalized spacial score (nSPS) is 31.4. The van der Waals surface area contributed by atoms with Gasteiger partial charge >= 0.3 is 0 Å². The van der Waals surface area contributed by atoms with Crippen LogP contribution in [0.25, 0.3) is 0 Å². The van der Waals surface area contributed by atoms with Crippen LogP contribution in [0.4, 0.5) is 0 Å². The first-order valence-electron chi connectivity index (χ1n) is 5.51. The van der Waals surface area contributed by atoms with Gasteiger partial charge in [-0.3, -0.25) is 4.79 Å². The third-order valence-electron chi connectivity index (χ3n) is 3.66. The monoisotopic (exact) mass is 198 g/mol. The number of primary amides is 1. The molecule has 1 amide bonds. The summed E-state index contributed by atoms with van der Waals surface area (Å²) in [5.74, 6) is -0.191. The summed E-state index contributed by atoms with van der Waals surface area (Å²) in [5, 5.41) is 3.31. The van der Waals surface area contributed by atoms with Gasteiger partial charge in [-0.15, -0.1) is 0 Å². The summed E-state index contributed by atoms with van der Waals surface area (Å²) < 4.78 is 0. The zero-order valence-electron chi connectivity index (χ0n) is 9.52. The minimum atomic E-state index is -0.486. The summed E-state index contributed by atoms with van der Waals surface area (Å²) in [6.45, 7) is 7.10. The Morgan fingerprint density at radius 2 is 1.93 bits per heavy atom. The Hall–Kier alpha value is -0.570. The number of amides is 1. The highest BCUT2D eigenvalue weighted by Crippen LogP contribution is 2.43. The van der Waals surface area contributed by atoms with Gasteiger partial charge in [0.2, 0.25) is 5.91 Å². The third kappa shape index (κ3) is 1.65. The summed E-state index contributed by atoms with van der Waals surface area (Å²) >= 11 is 0. The Balaban J connectivity index is 2.98. The van der Waals surface area contributed by atoms with Crippen molar-refractivity contribution in [2.75, 3.05) is 6.54 Å². The smallest absolute Gasteiger partial charge is 0.238 e. The number of carbonyl (C=O) groups is 1. The van der Waals surface area contributed by atoms with Crippen LogP contribution in [0.15, 0.2) is 0 Å². The van der Waals surface area contributed by atoms with Crippen molar-refractivity contribution >= 4 is 5.91 Å². The molecule has 1 fully saturated rings. The van der Waals surface area contributed by atoms with Gasteiger partial charge in [0, 0.05) is 0 Å². The molecule has 0 bridgehead atoms. The first-order chi connectivity index (χ1) is 6.46. The van der Waals surface area contributed by atoms with E-state index in [9.17, 15) is 4.79 Å². The Labute approximate surface area is 86.4 Å². The molecular weight excluding hydrogens is 176 g/mol. The maximum Gasteiger partial charge on any atom is 0.238 e. The topological polar surface area (TPSA) is 55.1 Å². The number of likely N-dealkylation sites (N-methyl/N-ethyl adjacent to an activating group) is 1. The van der Waals surface area contributed by atoms with Crippen LogP contribution in [0.3, 0.4) is 0 Å².